The second-order valence-electron chi connectivity index (χ2n) is 6.84. The van der Waals surface area contributed by atoms with Crippen LogP contribution in [0.25, 0.3) is 0 Å². The van der Waals surface area contributed by atoms with Gasteiger partial charge in [0.1, 0.15) is 0 Å². The van der Waals surface area contributed by atoms with Crippen LogP contribution in [0.2, 0.25) is 5.02 Å². The van der Waals surface area contributed by atoms with Crippen molar-refractivity contribution >= 4 is 29.9 Å². The van der Waals surface area contributed by atoms with Crippen LogP contribution in [0, 0.1) is 0 Å². The number of nitrogens with zero attached hydrogens (tertiary/aromatic N) is 2. The normalized spacial score (nSPS) is 19.3. The van der Waals surface area contributed by atoms with Crippen LogP contribution in [0.3, 0.4) is 0 Å². The van der Waals surface area contributed by atoms with Gasteiger partial charge in [-0.05, 0) is 43.4 Å². The minimum atomic E-state index is 0. The maximum atomic E-state index is 12.4. The van der Waals surface area contributed by atoms with Crippen LogP contribution in [-0.4, -0.2) is 47.9 Å². The summed E-state index contributed by atoms with van der Waals surface area (Å²) in [5.41, 5.74) is 1.26. The fourth-order valence-corrected chi connectivity index (χ4v) is 3.98. The standard InChI is InChI=1S/C19H27ClN2O.ClH/c20-17-10-8-16(9-11-17)4-3-7-19(23)22-14-12-21(13-15-22)18-5-1-2-6-18;/h8-11,18H,1-7,12-15H2;1H. The van der Waals surface area contributed by atoms with Crippen molar-refractivity contribution in [2.24, 2.45) is 0 Å². The van der Waals surface area contributed by atoms with E-state index in [0.29, 0.717) is 12.3 Å². The largest absolute Gasteiger partial charge is 0.340 e. The van der Waals surface area contributed by atoms with Crippen LogP contribution in [0.5, 0.6) is 0 Å². The molecule has 1 aromatic rings. The average Bonchev–Trinajstić information content (AvgIpc) is 3.11. The zero-order valence-electron chi connectivity index (χ0n) is 14.3. The van der Waals surface area contributed by atoms with Crippen molar-refractivity contribution < 1.29 is 4.79 Å². The van der Waals surface area contributed by atoms with Gasteiger partial charge in [0.15, 0.2) is 0 Å². The Morgan fingerprint density at radius 2 is 1.67 bits per heavy atom. The van der Waals surface area contributed by atoms with Crippen molar-refractivity contribution in [1.29, 1.82) is 0 Å². The summed E-state index contributed by atoms with van der Waals surface area (Å²) in [4.78, 5) is 17.0. The van der Waals surface area contributed by atoms with Crippen LogP contribution in [-0.2, 0) is 11.2 Å². The molecular weight excluding hydrogens is 343 g/mol. The average molecular weight is 371 g/mol. The van der Waals surface area contributed by atoms with E-state index in [4.69, 9.17) is 11.6 Å². The quantitative estimate of drug-likeness (QED) is 0.776. The lowest BCUT2D eigenvalue weighted by atomic mass is 10.1. The van der Waals surface area contributed by atoms with Crippen molar-refractivity contribution in [3.63, 3.8) is 0 Å². The molecule has 1 saturated carbocycles. The third-order valence-corrected chi connectivity index (χ3v) is 5.53. The molecule has 1 saturated heterocycles. The van der Waals surface area contributed by atoms with Crippen molar-refractivity contribution in [2.45, 2.75) is 51.0 Å². The number of halogens is 2. The molecule has 3 nitrogen and oxygen atoms in total. The summed E-state index contributed by atoms with van der Waals surface area (Å²) in [6.07, 6.45) is 8.01. The summed E-state index contributed by atoms with van der Waals surface area (Å²) in [5.74, 6) is 0.324. The van der Waals surface area contributed by atoms with E-state index in [2.05, 4.69) is 9.80 Å². The molecule has 1 aliphatic carbocycles. The molecule has 0 atom stereocenters. The highest BCUT2D eigenvalue weighted by Crippen LogP contribution is 2.24. The summed E-state index contributed by atoms with van der Waals surface area (Å²) in [5, 5.41) is 0.768. The van der Waals surface area contributed by atoms with Gasteiger partial charge in [-0.2, -0.15) is 0 Å². The Morgan fingerprint density at radius 3 is 2.29 bits per heavy atom. The molecule has 2 aliphatic rings. The van der Waals surface area contributed by atoms with Gasteiger partial charge in [-0.25, -0.2) is 0 Å². The molecule has 0 N–H and O–H groups in total. The van der Waals surface area contributed by atoms with E-state index in [1.807, 2.05) is 24.3 Å². The molecule has 0 unspecified atom stereocenters. The maximum absolute atomic E-state index is 12.4. The van der Waals surface area contributed by atoms with Crippen molar-refractivity contribution in [3.05, 3.63) is 34.9 Å². The summed E-state index contributed by atoms with van der Waals surface area (Å²) < 4.78 is 0. The first-order chi connectivity index (χ1) is 11.2. The van der Waals surface area contributed by atoms with Gasteiger partial charge >= 0.3 is 0 Å². The molecular formula is C19H28Cl2N2O. The fourth-order valence-electron chi connectivity index (χ4n) is 3.86. The predicted molar refractivity (Wildman–Crippen MR) is 102 cm³/mol. The smallest absolute Gasteiger partial charge is 0.222 e. The van der Waals surface area contributed by atoms with Crippen LogP contribution in [0.4, 0.5) is 0 Å². The predicted octanol–water partition coefficient (Wildman–Crippen LogP) is 4.17. The summed E-state index contributed by atoms with van der Waals surface area (Å²) in [6, 6.07) is 8.72. The number of hydrogen-bond donors (Lipinski definition) is 0. The lowest BCUT2D eigenvalue weighted by Crippen LogP contribution is -2.51. The monoisotopic (exact) mass is 370 g/mol. The molecule has 134 valence electrons. The number of amides is 1. The number of carbonyl (C=O) groups excluding carboxylic acids is 1. The summed E-state index contributed by atoms with van der Waals surface area (Å²) in [7, 11) is 0. The molecule has 2 fully saturated rings. The van der Waals surface area contributed by atoms with E-state index in [9.17, 15) is 4.79 Å². The minimum absolute atomic E-state index is 0. The van der Waals surface area contributed by atoms with Gasteiger partial charge in [-0.3, -0.25) is 9.69 Å². The van der Waals surface area contributed by atoms with Gasteiger partial charge in [0.25, 0.3) is 0 Å². The van der Waals surface area contributed by atoms with Gasteiger partial charge in [0, 0.05) is 43.7 Å². The Hall–Kier alpha value is -0.770. The number of benzene rings is 1. The Balaban J connectivity index is 0.00000208. The lowest BCUT2D eigenvalue weighted by Gasteiger charge is -2.38. The highest BCUT2D eigenvalue weighted by atomic mass is 35.5. The first kappa shape index (κ1) is 19.6. The van der Waals surface area contributed by atoms with Crippen LogP contribution < -0.4 is 0 Å². The minimum Gasteiger partial charge on any atom is -0.340 e. The number of hydrogen-bond acceptors (Lipinski definition) is 2. The zero-order valence-corrected chi connectivity index (χ0v) is 15.8. The SMILES string of the molecule is Cl.O=C(CCCc1ccc(Cl)cc1)N1CCN(C2CCCC2)CC1. The Bertz CT molecular complexity index is 507. The topological polar surface area (TPSA) is 23.6 Å². The highest BCUT2D eigenvalue weighted by Gasteiger charge is 2.27. The van der Waals surface area contributed by atoms with Gasteiger partial charge in [-0.15, -0.1) is 12.4 Å². The molecule has 0 bridgehead atoms. The summed E-state index contributed by atoms with van der Waals surface area (Å²) >= 11 is 5.89. The van der Waals surface area contributed by atoms with Crippen molar-refractivity contribution in [3.8, 4) is 0 Å². The summed E-state index contributed by atoms with van der Waals surface area (Å²) in [6.45, 7) is 3.95. The van der Waals surface area contributed by atoms with Gasteiger partial charge in [0.05, 0.1) is 0 Å². The van der Waals surface area contributed by atoms with Crippen LogP contribution in [0.1, 0.15) is 44.1 Å². The van der Waals surface area contributed by atoms with E-state index >= 15 is 0 Å². The lowest BCUT2D eigenvalue weighted by molar-refractivity contribution is -0.133. The van der Waals surface area contributed by atoms with E-state index < -0.39 is 0 Å². The number of carbonyl (C=O) groups is 1. The molecule has 5 heteroatoms. The Morgan fingerprint density at radius 1 is 1.04 bits per heavy atom. The van der Waals surface area contributed by atoms with E-state index in [1.165, 1.54) is 31.2 Å². The molecule has 24 heavy (non-hydrogen) atoms. The third-order valence-electron chi connectivity index (χ3n) is 5.28. The van der Waals surface area contributed by atoms with E-state index in [-0.39, 0.29) is 12.4 Å². The van der Waals surface area contributed by atoms with Crippen LogP contribution in [0.15, 0.2) is 24.3 Å². The number of rotatable bonds is 5. The van der Waals surface area contributed by atoms with Crippen molar-refractivity contribution in [1.82, 2.24) is 9.80 Å². The Kier molecular flexibility index (Phi) is 7.86. The molecule has 0 aromatic heterocycles. The zero-order chi connectivity index (χ0) is 16.1. The Labute approximate surface area is 156 Å². The maximum Gasteiger partial charge on any atom is 0.222 e. The molecule has 1 aromatic carbocycles. The molecule has 1 aliphatic heterocycles. The number of aryl methyl sites for hydroxylation is 1. The highest BCUT2D eigenvalue weighted by molar-refractivity contribution is 6.30. The van der Waals surface area contributed by atoms with Gasteiger partial charge in [0.2, 0.25) is 5.91 Å². The number of piperazine rings is 1. The molecule has 3 rings (SSSR count). The van der Waals surface area contributed by atoms with Gasteiger partial charge in [-0.1, -0.05) is 36.6 Å². The van der Waals surface area contributed by atoms with Crippen LogP contribution >= 0.6 is 24.0 Å². The molecule has 1 heterocycles. The first-order valence-corrected chi connectivity index (χ1v) is 9.36. The first-order valence-electron chi connectivity index (χ1n) is 8.98. The van der Waals surface area contributed by atoms with E-state index in [1.54, 1.807) is 0 Å². The van der Waals surface area contributed by atoms with Gasteiger partial charge < -0.3 is 4.90 Å². The molecule has 1 amide bonds. The molecule has 0 spiro atoms. The third kappa shape index (κ3) is 5.37. The molecule has 0 radical (unpaired) electrons. The van der Waals surface area contributed by atoms with Crippen molar-refractivity contribution in [2.75, 3.05) is 26.2 Å². The fraction of sp³-hybridized carbons (Fsp3) is 0.632. The second-order valence-corrected chi connectivity index (χ2v) is 7.27. The second kappa shape index (κ2) is 9.65. The van der Waals surface area contributed by atoms with E-state index in [0.717, 1.165) is 50.1 Å².